The summed E-state index contributed by atoms with van der Waals surface area (Å²) in [6, 6.07) is 5.67. The number of hydrogen-bond acceptors (Lipinski definition) is 4. The van der Waals surface area contributed by atoms with Crippen molar-refractivity contribution in [1.29, 1.82) is 0 Å². The van der Waals surface area contributed by atoms with Gasteiger partial charge in [0, 0.05) is 48.0 Å². The van der Waals surface area contributed by atoms with Gasteiger partial charge in [-0.1, -0.05) is 11.6 Å². The molecule has 1 aromatic rings. The molecule has 1 atom stereocenters. The van der Waals surface area contributed by atoms with Gasteiger partial charge in [0.2, 0.25) is 5.91 Å². The zero-order valence-electron chi connectivity index (χ0n) is 15.1. The minimum atomic E-state index is -0.00769. The highest BCUT2D eigenvalue weighted by molar-refractivity contribution is 6.30. The Bertz CT molecular complexity index is 772. The first-order chi connectivity index (χ1) is 13.1. The van der Waals surface area contributed by atoms with Gasteiger partial charge in [-0.15, -0.1) is 11.6 Å². The summed E-state index contributed by atoms with van der Waals surface area (Å²) in [7, 11) is 0. The van der Waals surface area contributed by atoms with Crippen LogP contribution >= 0.6 is 23.2 Å². The zero-order valence-corrected chi connectivity index (χ0v) is 16.6. The minimum Gasteiger partial charge on any atom is -0.375 e. The summed E-state index contributed by atoms with van der Waals surface area (Å²) in [4.78, 5) is 21.8. The van der Waals surface area contributed by atoms with E-state index in [1.54, 1.807) is 6.21 Å². The number of allylic oxidation sites excluding steroid dienone is 1. The van der Waals surface area contributed by atoms with Crippen molar-refractivity contribution in [3.63, 3.8) is 0 Å². The number of carbonyl (C=O) groups is 1. The summed E-state index contributed by atoms with van der Waals surface area (Å²) in [5, 5.41) is 0.659. The van der Waals surface area contributed by atoms with Crippen molar-refractivity contribution in [1.82, 2.24) is 4.90 Å². The van der Waals surface area contributed by atoms with Crippen LogP contribution in [0.1, 0.15) is 24.8 Å². The fourth-order valence-corrected chi connectivity index (χ4v) is 4.24. The van der Waals surface area contributed by atoms with Crippen LogP contribution in [0.5, 0.6) is 0 Å². The van der Waals surface area contributed by atoms with Crippen LogP contribution in [-0.4, -0.2) is 48.6 Å². The lowest BCUT2D eigenvalue weighted by atomic mass is 9.94. The molecule has 27 heavy (non-hydrogen) atoms. The van der Waals surface area contributed by atoms with Gasteiger partial charge in [0.05, 0.1) is 18.6 Å². The zero-order chi connectivity index (χ0) is 18.8. The smallest absolute Gasteiger partial charge is 0.230 e. The maximum absolute atomic E-state index is 13.2. The number of hydrogen-bond donors (Lipinski definition) is 0. The topological polar surface area (TPSA) is 45.1 Å². The third kappa shape index (κ3) is 4.15. The molecular weight excluding hydrogens is 385 g/mol. The molecule has 0 saturated carbocycles. The van der Waals surface area contributed by atoms with Crippen molar-refractivity contribution in [2.24, 2.45) is 10.9 Å². The van der Waals surface area contributed by atoms with E-state index in [0.29, 0.717) is 24.8 Å². The second-order valence-corrected chi connectivity index (χ2v) is 8.17. The van der Waals surface area contributed by atoms with E-state index in [2.05, 4.69) is 16.0 Å². The highest BCUT2D eigenvalue weighted by Crippen LogP contribution is 2.31. The molecule has 144 valence electrons. The molecule has 5 nitrogen and oxygen atoms in total. The summed E-state index contributed by atoms with van der Waals surface area (Å²) in [5.41, 5.74) is 1.90. The summed E-state index contributed by atoms with van der Waals surface area (Å²) in [6.45, 7) is 3.29. The molecule has 0 bridgehead atoms. The fourth-order valence-electron chi connectivity index (χ4n) is 3.90. The average molecular weight is 408 g/mol. The molecule has 3 heterocycles. The van der Waals surface area contributed by atoms with Crippen molar-refractivity contribution in [2.45, 2.75) is 31.2 Å². The van der Waals surface area contributed by atoms with E-state index in [-0.39, 0.29) is 17.2 Å². The molecule has 0 aromatic heterocycles. The van der Waals surface area contributed by atoms with Gasteiger partial charge in [-0.2, -0.15) is 0 Å². The Labute approximate surface area is 169 Å². The molecule has 1 amide bonds. The van der Waals surface area contributed by atoms with Crippen LogP contribution in [0.3, 0.4) is 0 Å². The number of benzene rings is 1. The highest BCUT2D eigenvalue weighted by atomic mass is 35.5. The predicted octanol–water partition coefficient (Wildman–Crippen LogP) is 3.84. The second-order valence-electron chi connectivity index (χ2n) is 7.17. The largest absolute Gasteiger partial charge is 0.375 e. The third-order valence-corrected chi connectivity index (χ3v) is 5.90. The van der Waals surface area contributed by atoms with Crippen LogP contribution in [-0.2, 0) is 16.1 Å². The Kier molecular flexibility index (Phi) is 5.71. The van der Waals surface area contributed by atoms with E-state index in [4.69, 9.17) is 27.9 Å². The number of piperidine rings is 1. The van der Waals surface area contributed by atoms with Crippen molar-refractivity contribution >= 4 is 41.0 Å². The molecule has 3 aliphatic rings. The number of aliphatic imine (C=N–C) groups is 1. The number of rotatable bonds is 2. The van der Waals surface area contributed by atoms with E-state index >= 15 is 0 Å². The Morgan fingerprint density at radius 1 is 1.22 bits per heavy atom. The normalized spacial score (nSPS) is 23.6. The van der Waals surface area contributed by atoms with Crippen LogP contribution in [0.2, 0.25) is 5.02 Å². The summed E-state index contributed by atoms with van der Waals surface area (Å²) in [5.74, 6) is 1.20. The number of alkyl halides is 1. The van der Waals surface area contributed by atoms with Gasteiger partial charge < -0.3 is 14.5 Å². The van der Waals surface area contributed by atoms with Gasteiger partial charge in [0.15, 0.2) is 0 Å². The number of halogens is 2. The third-order valence-electron chi connectivity index (χ3n) is 5.38. The molecule has 0 radical (unpaired) electrons. The van der Waals surface area contributed by atoms with Crippen molar-refractivity contribution < 1.29 is 9.53 Å². The first-order valence-electron chi connectivity index (χ1n) is 9.43. The van der Waals surface area contributed by atoms with Crippen LogP contribution in [0.25, 0.3) is 0 Å². The Balaban J connectivity index is 1.43. The highest BCUT2D eigenvalue weighted by Gasteiger charge is 2.31. The molecule has 4 rings (SSSR count). The fraction of sp³-hybridized carbons (Fsp3) is 0.500. The van der Waals surface area contributed by atoms with Crippen LogP contribution < -0.4 is 4.90 Å². The lowest BCUT2D eigenvalue weighted by Gasteiger charge is -2.36. The molecule has 0 N–H and O–H groups in total. The molecule has 3 aliphatic heterocycles. The molecule has 0 spiro atoms. The SMILES string of the molecule is O=C(C1CCN(C2=CCC(Cl)C=N2)CC1)N1CCOCc2cc(Cl)ccc21. The lowest BCUT2D eigenvalue weighted by Crippen LogP contribution is -2.43. The van der Waals surface area contributed by atoms with E-state index < -0.39 is 0 Å². The molecule has 1 aromatic carbocycles. The maximum atomic E-state index is 13.2. The molecule has 1 unspecified atom stereocenters. The summed E-state index contributed by atoms with van der Waals surface area (Å²) >= 11 is 12.2. The Morgan fingerprint density at radius 3 is 2.78 bits per heavy atom. The van der Waals surface area contributed by atoms with E-state index in [0.717, 1.165) is 49.4 Å². The summed E-state index contributed by atoms with van der Waals surface area (Å²) < 4.78 is 5.65. The quantitative estimate of drug-likeness (QED) is 0.699. The number of nitrogens with zero attached hydrogens (tertiary/aromatic N) is 3. The average Bonchev–Trinajstić information content (AvgIpc) is 2.90. The Hall–Kier alpha value is -1.56. The lowest BCUT2D eigenvalue weighted by molar-refractivity contribution is -0.123. The van der Waals surface area contributed by atoms with Crippen molar-refractivity contribution in [2.75, 3.05) is 31.1 Å². The summed E-state index contributed by atoms with van der Waals surface area (Å²) in [6.07, 6.45) is 6.36. The molecule has 1 saturated heterocycles. The Morgan fingerprint density at radius 2 is 2.04 bits per heavy atom. The first kappa shape index (κ1) is 18.8. The number of likely N-dealkylation sites (tertiary alicyclic amines) is 1. The van der Waals surface area contributed by atoms with Gasteiger partial charge in [0.1, 0.15) is 5.82 Å². The van der Waals surface area contributed by atoms with Gasteiger partial charge in [-0.25, -0.2) is 4.99 Å². The minimum absolute atomic E-state index is 0.00769. The monoisotopic (exact) mass is 407 g/mol. The molecule has 7 heteroatoms. The maximum Gasteiger partial charge on any atom is 0.230 e. The molecule has 0 aliphatic carbocycles. The molecule has 1 fully saturated rings. The van der Waals surface area contributed by atoms with Gasteiger partial charge in [-0.3, -0.25) is 4.79 Å². The van der Waals surface area contributed by atoms with Gasteiger partial charge in [-0.05, 0) is 43.5 Å². The standard InChI is InChI=1S/C20H23Cl2N3O2/c21-16-1-3-18-15(11-16)13-27-10-9-25(18)20(26)14-5-7-24(8-6-14)19-4-2-17(22)12-23-19/h1,3-4,11-12,14,17H,2,5-10,13H2. The number of fused-ring (bicyclic) bond motifs is 1. The van der Waals surface area contributed by atoms with Gasteiger partial charge in [0.25, 0.3) is 0 Å². The second kappa shape index (κ2) is 8.21. The van der Waals surface area contributed by atoms with Gasteiger partial charge >= 0.3 is 0 Å². The van der Waals surface area contributed by atoms with E-state index in [9.17, 15) is 4.79 Å². The van der Waals surface area contributed by atoms with Crippen molar-refractivity contribution in [3.05, 3.63) is 40.7 Å². The van der Waals surface area contributed by atoms with E-state index in [1.165, 1.54) is 0 Å². The van der Waals surface area contributed by atoms with E-state index in [1.807, 2.05) is 23.1 Å². The van der Waals surface area contributed by atoms with Crippen molar-refractivity contribution in [3.8, 4) is 0 Å². The number of anilines is 1. The molecular formula is C20H23Cl2N3O2. The van der Waals surface area contributed by atoms with Crippen LogP contribution in [0, 0.1) is 5.92 Å². The predicted molar refractivity (Wildman–Crippen MR) is 109 cm³/mol. The number of ether oxygens (including phenoxy) is 1. The first-order valence-corrected chi connectivity index (χ1v) is 10.2. The van der Waals surface area contributed by atoms with Crippen LogP contribution in [0.4, 0.5) is 5.69 Å². The number of carbonyl (C=O) groups excluding carboxylic acids is 1. The number of amides is 1. The van der Waals surface area contributed by atoms with Crippen LogP contribution in [0.15, 0.2) is 35.1 Å².